The molecular formula is C17H17FN4O. The molecule has 0 aromatic heterocycles. The third kappa shape index (κ3) is 5.34. The second-order valence-corrected chi connectivity index (χ2v) is 4.62. The first-order valence-corrected chi connectivity index (χ1v) is 6.76. The van der Waals surface area contributed by atoms with E-state index >= 15 is 0 Å². The van der Waals surface area contributed by atoms with Crippen molar-refractivity contribution >= 4 is 12.7 Å². The highest BCUT2D eigenvalue weighted by Gasteiger charge is 2.08. The minimum atomic E-state index is -0.311. The third-order valence-corrected chi connectivity index (χ3v) is 2.97. The average molecular weight is 312 g/mol. The summed E-state index contributed by atoms with van der Waals surface area (Å²) in [5, 5.41) is 8.86. The van der Waals surface area contributed by atoms with E-state index in [1.54, 1.807) is 36.4 Å². The van der Waals surface area contributed by atoms with Gasteiger partial charge in [0.2, 0.25) is 6.41 Å². The minimum Gasteiger partial charge on any atom is -0.390 e. The predicted octanol–water partition coefficient (Wildman–Crippen LogP) is 2.51. The van der Waals surface area contributed by atoms with Crippen LogP contribution in [0.15, 0.2) is 47.5 Å². The van der Waals surface area contributed by atoms with Crippen molar-refractivity contribution in [2.45, 2.75) is 13.0 Å². The molecule has 1 amide bonds. The SMILES string of the molecule is C[C@H](N)c1ccc(F)c(-c2cccc(C#N)c2)c1.NC=NC=O. The van der Waals surface area contributed by atoms with Gasteiger partial charge in [-0.05, 0) is 42.3 Å². The number of carbonyl (C=O) groups excluding carboxylic acids is 1. The Labute approximate surface area is 134 Å². The molecule has 4 N–H and O–H groups in total. The maximum Gasteiger partial charge on any atom is 0.234 e. The lowest BCUT2D eigenvalue weighted by molar-refractivity contribution is -0.106. The molecule has 2 rings (SSSR count). The van der Waals surface area contributed by atoms with E-state index in [2.05, 4.69) is 10.7 Å². The summed E-state index contributed by atoms with van der Waals surface area (Å²) in [6.07, 6.45) is 1.31. The van der Waals surface area contributed by atoms with E-state index in [1.165, 1.54) is 6.07 Å². The zero-order chi connectivity index (χ0) is 17.2. The van der Waals surface area contributed by atoms with Crippen molar-refractivity contribution < 1.29 is 9.18 Å². The minimum absolute atomic E-state index is 0.150. The molecule has 0 spiro atoms. The zero-order valence-electron chi connectivity index (χ0n) is 12.6. The Morgan fingerprint density at radius 1 is 1.30 bits per heavy atom. The molecule has 0 bridgehead atoms. The first kappa shape index (κ1) is 18.0. The van der Waals surface area contributed by atoms with Crippen molar-refractivity contribution in [3.63, 3.8) is 0 Å². The van der Waals surface area contributed by atoms with E-state index in [-0.39, 0.29) is 11.9 Å². The normalized spacial score (nSPS) is 11.2. The molecule has 0 saturated heterocycles. The van der Waals surface area contributed by atoms with Gasteiger partial charge in [0.1, 0.15) is 5.82 Å². The Morgan fingerprint density at radius 2 is 2.04 bits per heavy atom. The molecule has 0 aliphatic heterocycles. The van der Waals surface area contributed by atoms with Gasteiger partial charge in [-0.2, -0.15) is 5.26 Å². The predicted molar refractivity (Wildman–Crippen MR) is 87.9 cm³/mol. The highest BCUT2D eigenvalue weighted by Crippen LogP contribution is 2.26. The number of hydrogen-bond donors (Lipinski definition) is 2. The molecule has 0 saturated carbocycles. The first-order valence-electron chi connectivity index (χ1n) is 6.76. The largest absolute Gasteiger partial charge is 0.390 e. The number of nitrogens with zero attached hydrogens (tertiary/aromatic N) is 2. The fourth-order valence-electron chi connectivity index (χ4n) is 1.84. The number of rotatable bonds is 3. The number of nitrogens with two attached hydrogens (primary N) is 2. The van der Waals surface area contributed by atoms with Gasteiger partial charge in [0.15, 0.2) is 0 Å². The molecule has 118 valence electrons. The molecule has 23 heavy (non-hydrogen) atoms. The number of benzene rings is 2. The van der Waals surface area contributed by atoms with Crippen molar-refractivity contribution in [3.8, 4) is 17.2 Å². The van der Waals surface area contributed by atoms with Gasteiger partial charge in [0.05, 0.1) is 18.0 Å². The quantitative estimate of drug-likeness (QED) is 0.516. The van der Waals surface area contributed by atoms with Gasteiger partial charge in [-0.1, -0.05) is 18.2 Å². The van der Waals surface area contributed by atoms with E-state index in [4.69, 9.17) is 15.8 Å². The number of amides is 1. The van der Waals surface area contributed by atoms with Crippen LogP contribution < -0.4 is 11.5 Å². The van der Waals surface area contributed by atoms with Crippen LogP contribution in [0.3, 0.4) is 0 Å². The standard InChI is InChI=1S/C15H13FN2.C2H4N2O/c1-10(18)12-5-6-15(16)14(8-12)13-4-2-3-11(7-13)9-17;3-1-4-2-5/h2-8,10H,18H2,1H3;1-2H,(H2,3,4,5)/t10-;/m0./s1. The number of halogens is 1. The van der Waals surface area contributed by atoms with Crippen molar-refractivity contribution in [1.82, 2.24) is 0 Å². The summed E-state index contributed by atoms with van der Waals surface area (Å²) >= 11 is 0. The highest BCUT2D eigenvalue weighted by molar-refractivity contribution is 5.67. The highest BCUT2D eigenvalue weighted by atomic mass is 19.1. The van der Waals surface area contributed by atoms with Gasteiger partial charge >= 0.3 is 0 Å². The van der Waals surface area contributed by atoms with Crippen LogP contribution in [0.5, 0.6) is 0 Å². The van der Waals surface area contributed by atoms with Crippen molar-refractivity contribution in [1.29, 1.82) is 5.26 Å². The van der Waals surface area contributed by atoms with Gasteiger partial charge < -0.3 is 11.5 Å². The lowest BCUT2D eigenvalue weighted by Crippen LogP contribution is -2.05. The maximum absolute atomic E-state index is 13.8. The van der Waals surface area contributed by atoms with Gasteiger partial charge in [-0.25, -0.2) is 9.38 Å². The number of aliphatic imine (C=N–C) groups is 1. The van der Waals surface area contributed by atoms with Crippen molar-refractivity contribution in [2.75, 3.05) is 0 Å². The van der Waals surface area contributed by atoms with E-state index in [1.807, 2.05) is 13.0 Å². The Bertz CT molecular complexity index is 736. The Kier molecular flexibility index (Phi) is 7.11. The van der Waals surface area contributed by atoms with Gasteiger partial charge in [-0.3, -0.25) is 4.79 Å². The fourth-order valence-corrected chi connectivity index (χ4v) is 1.84. The summed E-state index contributed by atoms with van der Waals surface area (Å²) in [5.41, 5.74) is 13.0. The summed E-state index contributed by atoms with van der Waals surface area (Å²) in [4.78, 5) is 12.1. The van der Waals surface area contributed by atoms with Crippen LogP contribution >= 0.6 is 0 Å². The molecule has 6 heteroatoms. The van der Waals surface area contributed by atoms with Crippen LogP contribution in [-0.4, -0.2) is 12.7 Å². The molecule has 0 fully saturated rings. The van der Waals surface area contributed by atoms with Crippen LogP contribution in [0, 0.1) is 17.1 Å². The van der Waals surface area contributed by atoms with E-state index in [9.17, 15) is 4.39 Å². The molecule has 0 heterocycles. The Hall–Kier alpha value is -3.04. The molecule has 5 nitrogen and oxygen atoms in total. The zero-order valence-corrected chi connectivity index (χ0v) is 12.6. The lowest BCUT2D eigenvalue weighted by atomic mass is 9.98. The number of nitriles is 1. The van der Waals surface area contributed by atoms with E-state index in [0.29, 0.717) is 23.1 Å². The number of carbonyl (C=O) groups is 1. The summed E-state index contributed by atoms with van der Waals surface area (Å²) in [5.74, 6) is -0.311. The molecule has 0 unspecified atom stereocenters. The molecule has 0 aliphatic rings. The molecular weight excluding hydrogens is 295 g/mol. The van der Waals surface area contributed by atoms with E-state index in [0.717, 1.165) is 11.9 Å². The summed E-state index contributed by atoms with van der Waals surface area (Å²) in [6, 6.07) is 13.6. The summed E-state index contributed by atoms with van der Waals surface area (Å²) < 4.78 is 13.8. The van der Waals surface area contributed by atoms with Gasteiger partial charge in [0, 0.05) is 11.6 Å². The van der Waals surface area contributed by atoms with Crippen LogP contribution in [0.25, 0.3) is 11.1 Å². The van der Waals surface area contributed by atoms with Crippen LogP contribution in [0.2, 0.25) is 0 Å². The molecule has 0 radical (unpaired) electrons. The molecule has 1 atom stereocenters. The maximum atomic E-state index is 13.8. The second kappa shape index (κ2) is 9.07. The van der Waals surface area contributed by atoms with E-state index < -0.39 is 0 Å². The molecule has 0 aliphatic carbocycles. The fraction of sp³-hybridized carbons (Fsp3) is 0.118. The summed E-state index contributed by atoms with van der Waals surface area (Å²) in [7, 11) is 0. The lowest BCUT2D eigenvalue weighted by Gasteiger charge is -2.10. The molecule has 2 aromatic rings. The Balaban J connectivity index is 0.000000463. The van der Waals surface area contributed by atoms with Gasteiger partial charge in [0.25, 0.3) is 0 Å². The van der Waals surface area contributed by atoms with Crippen molar-refractivity contribution in [2.24, 2.45) is 16.5 Å². The monoisotopic (exact) mass is 312 g/mol. The topological polar surface area (TPSA) is 105 Å². The Morgan fingerprint density at radius 3 is 2.57 bits per heavy atom. The van der Waals surface area contributed by atoms with Crippen molar-refractivity contribution in [3.05, 3.63) is 59.4 Å². The average Bonchev–Trinajstić information content (AvgIpc) is 2.56. The van der Waals surface area contributed by atoms with Crippen LogP contribution in [0.4, 0.5) is 4.39 Å². The molecule has 2 aromatic carbocycles. The van der Waals surface area contributed by atoms with Gasteiger partial charge in [-0.15, -0.1) is 0 Å². The van der Waals surface area contributed by atoms with Crippen LogP contribution in [0.1, 0.15) is 24.1 Å². The second-order valence-electron chi connectivity index (χ2n) is 4.62. The summed E-state index contributed by atoms with van der Waals surface area (Å²) in [6.45, 7) is 1.85. The first-order chi connectivity index (χ1) is 11.0. The number of hydrogen-bond acceptors (Lipinski definition) is 3. The van der Waals surface area contributed by atoms with Crippen LogP contribution in [-0.2, 0) is 4.79 Å². The smallest absolute Gasteiger partial charge is 0.234 e. The third-order valence-electron chi connectivity index (χ3n) is 2.97.